The first-order valence-electron chi connectivity index (χ1n) is 9.65. The number of benzene rings is 2. The van der Waals surface area contributed by atoms with Gasteiger partial charge in [-0.1, -0.05) is 60.7 Å². The van der Waals surface area contributed by atoms with Crippen LogP contribution in [0.25, 0.3) is 22.3 Å². The van der Waals surface area contributed by atoms with Gasteiger partial charge in [0, 0.05) is 17.2 Å². The van der Waals surface area contributed by atoms with Crippen LogP contribution in [0.15, 0.2) is 66.7 Å². The van der Waals surface area contributed by atoms with Gasteiger partial charge in [-0.2, -0.15) is 11.8 Å². The normalized spacial score (nSPS) is 12.2. The van der Waals surface area contributed by atoms with E-state index in [1.54, 1.807) is 11.8 Å². The molecule has 0 aliphatic rings. The van der Waals surface area contributed by atoms with Gasteiger partial charge in [0.2, 0.25) is 0 Å². The van der Waals surface area contributed by atoms with Gasteiger partial charge in [-0.25, -0.2) is 9.97 Å². The van der Waals surface area contributed by atoms with E-state index in [4.69, 9.17) is 0 Å². The molecule has 0 saturated heterocycles. The minimum Gasteiger partial charge on any atom is -0.394 e. The Morgan fingerprint density at radius 1 is 1.03 bits per heavy atom. The van der Waals surface area contributed by atoms with Gasteiger partial charge in [0.1, 0.15) is 11.3 Å². The third-order valence-corrected chi connectivity index (χ3v) is 5.84. The van der Waals surface area contributed by atoms with Crippen molar-refractivity contribution >= 4 is 28.6 Å². The highest BCUT2D eigenvalue weighted by Crippen LogP contribution is 2.27. The number of anilines is 1. The van der Waals surface area contributed by atoms with Gasteiger partial charge in [-0.3, -0.25) is 0 Å². The molecule has 2 heterocycles. The van der Waals surface area contributed by atoms with E-state index in [-0.39, 0.29) is 12.6 Å². The van der Waals surface area contributed by atoms with Crippen LogP contribution in [-0.2, 0) is 5.75 Å². The van der Waals surface area contributed by atoms with Gasteiger partial charge in [0.05, 0.1) is 18.2 Å². The SMILES string of the molecule is Cc1nc(N[C@H](CO)CSCc2ccccc2)c2[nH]c(-c3ccccc3)cc2n1. The Morgan fingerprint density at radius 3 is 2.48 bits per heavy atom. The first kappa shape index (κ1) is 19.5. The number of aliphatic hydroxyl groups excluding tert-OH is 1. The summed E-state index contributed by atoms with van der Waals surface area (Å²) in [6.07, 6.45) is 0. The lowest BCUT2D eigenvalue weighted by Crippen LogP contribution is -2.27. The molecule has 3 N–H and O–H groups in total. The summed E-state index contributed by atoms with van der Waals surface area (Å²) in [5, 5.41) is 13.3. The molecule has 0 aliphatic carbocycles. The van der Waals surface area contributed by atoms with Crippen molar-refractivity contribution in [2.75, 3.05) is 17.7 Å². The summed E-state index contributed by atoms with van der Waals surface area (Å²) in [7, 11) is 0. The van der Waals surface area contributed by atoms with Gasteiger partial charge in [0.25, 0.3) is 0 Å². The quantitative estimate of drug-likeness (QED) is 0.399. The number of thioether (sulfide) groups is 1. The Hall–Kier alpha value is -2.83. The number of fused-ring (bicyclic) bond motifs is 1. The standard InChI is InChI=1S/C23H24N4OS/c1-16-24-21-12-20(18-10-6-3-7-11-18)27-22(21)23(25-16)26-19(13-28)15-29-14-17-8-4-2-5-9-17/h2-12,19,27-28H,13-15H2,1H3,(H,24,25,26)/t19-/m1/s1. The highest BCUT2D eigenvalue weighted by atomic mass is 32.2. The zero-order valence-corrected chi connectivity index (χ0v) is 17.1. The second-order valence-corrected chi connectivity index (χ2v) is 7.98. The summed E-state index contributed by atoms with van der Waals surface area (Å²) in [5.74, 6) is 3.13. The number of H-pyrrole nitrogens is 1. The smallest absolute Gasteiger partial charge is 0.154 e. The number of aryl methyl sites for hydroxylation is 1. The van der Waals surface area contributed by atoms with E-state index >= 15 is 0 Å². The second kappa shape index (κ2) is 9.11. The predicted molar refractivity (Wildman–Crippen MR) is 121 cm³/mol. The first-order chi connectivity index (χ1) is 14.2. The van der Waals surface area contributed by atoms with Crippen molar-refractivity contribution in [1.82, 2.24) is 15.0 Å². The van der Waals surface area contributed by atoms with Crippen LogP contribution in [0.2, 0.25) is 0 Å². The van der Waals surface area contributed by atoms with E-state index < -0.39 is 0 Å². The molecule has 4 rings (SSSR count). The molecule has 1 atom stereocenters. The maximum Gasteiger partial charge on any atom is 0.154 e. The predicted octanol–water partition coefficient (Wildman–Crippen LogP) is 4.64. The minimum atomic E-state index is -0.0929. The molecule has 5 nitrogen and oxygen atoms in total. The van der Waals surface area contributed by atoms with Crippen LogP contribution in [0.1, 0.15) is 11.4 Å². The zero-order valence-electron chi connectivity index (χ0n) is 16.3. The summed E-state index contributed by atoms with van der Waals surface area (Å²) in [6.45, 7) is 1.93. The molecule has 0 aliphatic heterocycles. The Kier molecular flexibility index (Phi) is 6.12. The van der Waals surface area contributed by atoms with Crippen LogP contribution in [0.3, 0.4) is 0 Å². The van der Waals surface area contributed by atoms with Crippen molar-refractivity contribution in [2.45, 2.75) is 18.7 Å². The Morgan fingerprint density at radius 2 is 1.76 bits per heavy atom. The molecule has 0 radical (unpaired) electrons. The van der Waals surface area contributed by atoms with Crippen molar-refractivity contribution in [2.24, 2.45) is 0 Å². The average molecular weight is 405 g/mol. The van der Waals surface area contributed by atoms with Crippen molar-refractivity contribution in [1.29, 1.82) is 0 Å². The molecule has 6 heteroatoms. The van der Waals surface area contributed by atoms with Crippen LogP contribution in [0, 0.1) is 6.92 Å². The molecule has 0 fully saturated rings. The largest absolute Gasteiger partial charge is 0.394 e. The summed E-state index contributed by atoms with van der Waals surface area (Å²) in [6, 6.07) is 22.5. The lowest BCUT2D eigenvalue weighted by Gasteiger charge is -2.17. The molecule has 4 aromatic rings. The average Bonchev–Trinajstić information content (AvgIpc) is 3.18. The maximum absolute atomic E-state index is 9.88. The first-order valence-corrected chi connectivity index (χ1v) is 10.8. The Balaban J connectivity index is 1.51. The molecular weight excluding hydrogens is 380 g/mol. The molecule has 0 amide bonds. The number of rotatable bonds is 8. The topological polar surface area (TPSA) is 73.8 Å². The fourth-order valence-corrected chi connectivity index (χ4v) is 4.25. The monoisotopic (exact) mass is 404 g/mol. The van der Waals surface area contributed by atoms with E-state index in [9.17, 15) is 5.11 Å². The molecule has 29 heavy (non-hydrogen) atoms. The maximum atomic E-state index is 9.88. The van der Waals surface area contributed by atoms with Crippen molar-refractivity contribution in [3.05, 3.63) is 78.1 Å². The second-order valence-electron chi connectivity index (χ2n) is 6.95. The van der Waals surface area contributed by atoms with Crippen LogP contribution in [0.5, 0.6) is 0 Å². The number of aromatic nitrogens is 3. The van der Waals surface area contributed by atoms with Gasteiger partial charge in [0.15, 0.2) is 5.82 Å². The van der Waals surface area contributed by atoms with Crippen LogP contribution >= 0.6 is 11.8 Å². The molecule has 0 saturated carbocycles. The van der Waals surface area contributed by atoms with Crippen molar-refractivity contribution < 1.29 is 5.11 Å². The van der Waals surface area contributed by atoms with Crippen LogP contribution in [-0.4, -0.2) is 38.5 Å². The number of aromatic amines is 1. The fraction of sp³-hybridized carbons (Fsp3) is 0.217. The summed E-state index contributed by atoms with van der Waals surface area (Å²) < 4.78 is 0. The molecule has 148 valence electrons. The highest BCUT2D eigenvalue weighted by Gasteiger charge is 2.15. The number of nitrogens with one attached hydrogen (secondary N) is 2. The molecule has 2 aromatic heterocycles. The van der Waals surface area contributed by atoms with Gasteiger partial charge < -0.3 is 15.4 Å². The number of aliphatic hydroxyl groups is 1. The van der Waals surface area contributed by atoms with E-state index in [2.05, 4.69) is 44.5 Å². The van der Waals surface area contributed by atoms with Gasteiger partial charge in [-0.15, -0.1) is 0 Å². The highest BCUT2D eigenvalue weighted by molar-refractivity contribution is 7.98. The molecule has 2 aromatic carbocycles. The van der Waals surface area contributed by atoms with Gasteiger partial charge >= 0.3 is 0 Å². The molecule has 0 spiro atoms. The molecule has 0 bridgehead atoms. The Bertz CT molecular complexity index is 1070. The van der Waals surface area contributed by atoms with E-state index in [0.29, 0.717) is 5.82 Å². The van der Waals surface area contributed by atoms with E-state index in [1.165, 1.54) is 5.56 Å². The number of hydrogen-bond acceptors (Lipinski definition) is 5. The molecule has 0 unspecified atom stereocenters. The third kappa shape index (κ3) is 4.78. The summed E-state index contributed by atoms with van der Waals surface area (Å²) >= 11 is 1.79. The minimum absolute atomic E-state index is 0.0403. The van der Waals surface area contributed by atoms with E-state index in [1.807, 2.05) is 49.4 Å². The Labute approximate surface area is 174 Å². The van der Waals surface area contributed by atoms with Crippen molar-refractivity contribution in [3.8, 4) is 11.3 Å². The lowest BCUT2D eigenvalue weighted by molar-refractivity contribution is 0.283. The van der Waals surface area contributed by atoms with Crippen LogP contribution < -0.4 is 5.32 Å². The zero-order chi connectivity index (χ0) is 20.1. The summed E-state index contributed by atoms with van der Waals surface area (Å²) in [4.78, 5) is 12.6. The summed E-state index contributed by atoms with van der Waals surface area (Å²) in [5.41, 5.74) is 5.12. The van der Waals surface area contributed by atoms with Gasteiger partial charge in [-0.05, 0) is 24.1 Å². The van der Waals surface area contributed by atoms with Crippen molar-refractivity contribution in [3.63, 3.8) is 0 Å². The number of hydrogen-bond donors (Lipinski definition) is 3. The van der Waals surface area contributed by atoms with E-state index in [0.717, 1.165) is 39.6 Å². The van der Waals surface area contributed by atoms with Crippen LogP contribution in [0.4, 0.5) is 5.82 Å². The lowest BCUT2D eigenvalue weighted by atomic mass is 10.2. The number of nitrogens with zero attached hydrogens (tertiary/aromatic N) is 2. The molecular formula is C23H24N4OS. The third-order valence-electron chi connectivity index (χ3n) is 4.67. The fourth-order valence-electron chi connectivity index (χ4n) is 3.23.